The minimum atomic E-state index is -0.380. The number of hydrogen-bond donors (Lipinski definition) is 2. The Morgan fingerprint density at radius 3 is 2.68 bits per heavy atom. The Balaban J connectivity index is 1.58. The highest BCUT2D eigenvalue weighted by Crippen LogP contribution is 2.17. The molecule has 2 aromatic rings. The molecule has 0 bridgehead atoms. The third-order valence-corrected chi connectivity index (χ3v) is 4.34. The monoisotopic (exact) mass is 344 g/mol. The molecule has 1 fully saturated rings. The number of H-pyrrole nitrogens is 1. The molecule has 7 heteroatoms. The molecule has 0 radical (unpaired) electrons. The van der Waals surface area contributed by atoms with Gasteiger partial charge in [-0.2, -0.15) is 5.10 Å². The first-order chi connectivity index (χ1) is 11.9. The van der Waals surface area contributed by atoms with Crippen molar-refractivity contribution in [3.05, 3.63) is 53.1 Å². The summed E-state index contributed by atoms with van der Waals surface area (Å²) in [7, 11) is 0. The fourth-order valence-electron chi connectivity index (χ4n) is 2.85. The Labute approximate surface area is 145 Å². The van der Waals surface area contributed by atoms with Gasteiger partial charge in [-0.3, -0.25) is 14.7 Å². The van der Waals surface area contributed by atoms with Crippen molar-refractivity contribution in [2.45, 2.75) is 32.2 Å². The van der Waals surface area contributed by atoms with E-state index in [9.17, 15) is 14.0 Å². The van der Waals surface area contributed by atoms with Crippen LogP contribution in [0.3, 0.4) is 0 Å². The average molecular weight is 344 g/mol. The van der Waals surface area contributed by atoms with E-state index in [0.717, 1.165) is 5.69 Å². The lowest BCUT2D eigenvalue weighted by atomic mass is 10.1. The van der Waals surface area contributed by atoms with Crippen LogP contribution in [-0.4, -0.2) is 46.0 Å². The van der Waals surface area contributed by atoms with Crippen LogP contribution in [0.2, 0.25) is 0 Å². The average Bonchev–Trinajstić information content (AvgIpc) is 3.24. The fourth-order valence-corrected chi connectivity index (χ4v) is 2.85. The summed E-state index contributed by atoms with van der Waals surface area (Å²) in [5.41, 5.74) is 1.72. The maximum Gasteiger partial charge on any atom is 0.271 e. The van der Waals surface area contributed by atoms with Crippen molar-refractivity contribution in [1.29, 1.82) is 0 Å². The van der Waals surface area contributed by atoms with E-state index in [1.807, 2.05) is 13.8 Å². The summed E-state index contributed by atoms with van der Waals surface area (Å²) in [5.74, 6) is -0.505. The van der Waals surface area contributed by atoms with Crippen LogP contribution in [-0.2, 0) is 0 Å². The highest BCUT2D eigenvalue weighted by molar-refractivity contribution is 5.95. The van der Waals surface area contributed by atoms with Gasteiger partial charge in [-0.1, -0.05) is 13.8 Å². The smallest absolute Gasteiger partial charge is 0.271 e. The van der Waals surface area contributed by atoms with Crippen molar-refractivity contribution < 1.29 is 14.0 Å². The van der Waals surface area contributed by atoms with E-state index in [2.05, 4.69) is 15.5 Å². The van der Waals surface area contributed by atoms with Crippen molar-refractivity contribution in [3.63, 3.8) is 0 Å². The molecule has 25 heavy (non-hydrogen) atoms. The van der Waals surface area contributed by atoms with E-state index < -0.39 is 0 Å². The Morgan fingerprint density at radius 1 is 1.32 bits per heavy atom. The lowest BCUT2D eigenvalue weighted by molar-refractivity contribution is 0.0777. The van der Waals surface area contributed by atoms with Gasteiger partial charge >= 0.3 is 0 Å². The van der Waals surface area contributed by atoms with Gasteiger partial charge in [-0.05, 0) is 42.7 Å². The highest BCUT2D eigenvalue weighted by Gasteiger charge is 2.29. The quantitative estimate of drug-likeness (QED) is 0.893. The van der Waals surface area contributed by atoms with E-state index in [4.69, 9.17) is 0 Å². The lowest BCUT2D eigenvalue weighted by Gasteiger charge is -2.16. The molecule has 0 aliphatic carbocycles. The second kappa shape index (κ2) is 7.04. The van der Waals surface area contributed by atoms with Gasteiger partial charge < -0.3 is 10.2 Å². The van der Waals surface area contributed by atoms with Crippen molar-refractivity contribution in [1.82, 2.24) is 20.4 Å². The molecule has 0 spiro atoms. The standard InChI is InChI=1S/C18H21FN4O2/c1-11(2)15-9-16(22-21-15)18(25)23-8-7-14(10-23)20-17(24)12-3-5-13(19)6-4-12/h3-6,9,11,14H,7-8,10H2,1-2H3,(H,20,24)(H,21,22). The van der Waals surface area contributed by atoms with E-state index in [1.54, 1.807) is 11.0 Å². The minimum Gasteiger partial charge on any atom is -0.347 e. The molecular formula is C18H21FN4O2. The summed E-state index contributed by atoms with van der Waals surface area (Å²) >= 11 is 0. The zero-order valence-corrected chi connectivity index (χ0v) is 14.3. The molecule has 0 saturated carbocycles. The topological polar surface area (TPSA) is 78.1 Å². The number of nitrogens with zero attached hydrogens (tertiary/aromatic N) is 2. The number of amides is 2. The molecule has 3 rings (SSSR count). The predicted molar refractivity (Wildman–Crippen MR) is 90.9 cm³/mol. The first-order valence-electron chi connectivity index (χ1n) is 8.35. The highest BCUT2D eigenvalue weighted by atomic mass is 19.1. The third kappa shape index (κ3) is 3.87. The van der Waals surface area contributed by atoms with Crippen LogP contribution < -0.4 is 5.32 Å². The number of carbonyl (C=O) groups is 2. The summed E-state index contributed by atoms with van der Waals surface area (Å²) < 4.78 is 12.9. The SMILES string of the molecule is CC(C)c1cc(C(=O)N2CCC(NC(=O)c3ccc(F)cc3)C2)[nH]n1. The number of aromatic nitrogens is 2. The number of aromatic amines is 1. The van der Waals surface area contributed by atoms with Crippen LogP contribution in [0.25, 0.3) is 0 Å². The number of halogens is 1. The molecule has 1 aliphatic heterocycles. The first-order valence-corrected chi connectivity index (χ1v) is 8.35. The number of likely N-dealkylation sites (tertiary alicyclic amines) is 1. The molecule has 1 aromatic carbocycles. The Morgan fingerprint density at radius 2 is 2.04 bits per heavy atom. The molecule has 2 heterocycles. The van der Waals surface area contributed by atoms with Gasteiger partial charge in [-0.25, -0.2) is 4.39 Å². The Kier molecular flexibility index (Phi) is 4.83. The first kappa shape index (κ1) is 17.1. The Hall–Kier alpha value is -2.70. The summed E-state index contributed by atoms with van der Waals surface area (Å²) in [5, 5.41) is 9.83. The molecule has 6 nitrogen and oxygen atoms in total. The second-order valence-corrected chi connectivity index (χ2v) is 6.58. The summed E-state index contributed by atoms with van der Waals surface area (Å²) in [6.07, 6.45) is 0.684. The maximum atomic E-state index is 12.9. The van der Waals surface area contributed by atoms with E-state index in [0.29, 0.717) is 30.8 Å². The van der Waals surface area contributed by atoms with Gasteiger partial charge in [-0.15, -0.1) is 0 Å². The molecule has 2 N–H and O–H groups in total. The fraction of sp³-hybridized carbons (Fsp3) is 0.389. The Bertz CT molecular complexity index is 770. The summed E-state index contributed by atoms with van der Waals surface area (Å²) in [6.45, 7) is 5.05. The normalized spacial score (nSPS) is 17.1. The van der Waals surface area contributed by atoms with Gasteiger partial charge in [0.2, 0.25) is 0 Å². The van der Waals surface area contributed by atoms with E-state index in [1.165, 1.54) is 24.3 Å². The number of carbonyl (C=O) groups excluding carboxylic acids is 2. The van der Waals surface area contributed by atoms with Crippen molar-refractivity contribution in [2.75, 3.05) is 13.1 Å². The zero-order valence-electron chi connectivity index (χ0n) is 14.3. The molecule has 2 amide bonds. The number of rotatable bonds is 4. The van der Waals surface area contributed by atoms with Crippen LogP contribution in [0.4, 0.5) is 4.39 Å². The van der Waals surface area contributed by atoms with E-state index in [-0.39, 0.29) is 29.6 Å². The predicted octanol–water partition coefficient (Wildman–Crippen LogP) is 2.32. The molecular weight excluding hydrogens is 323 g/mol. The summed E-state index contributed by atoms with van der Waals surface area (Å²) in [4.78, 5) is 26.4. The van der Waals surface area contributed by atoms with Crippen LogP contribution in [0, 0.1) is 5.82 Å². The maximum absolute atomic E-state index is 12.9. The molecule has 1 aromatic heterocycles. The molecule has 1 aliphatic rings. The van der Waals surface area contributed by atoms with Crippen LogP contribution >= 0.6 is 0 Å². The third-order valence-electron chi connectivity index (χ3n) is 4.34. The largest absolute Gasteiger partial charge is 0.347 e. The van der Waals surface area contributed by atoms with Crippen molar-refractivity contribution >= 4 is 11.8 Å². The summed E-state index contributed by atoms with van der Waals surface area (Å²) in [6, 6.07) is 7.06. The van der Waals surface area contributed by atoms with Crippen LogP contribution in [0.1, 0.15) is 52.7 Å². The number of hydrogen-bond acceptors (Lipinski definition) is 3. The van der Waals surface area contributed by atoms with Gasteiger partial charge in [0.15, 0.2) is 0 Å². The minimum absolute atomic E-state index is 0.113. The second-order valence-electron chi connectivity index (χ2n) is 6.58. The molecule has 132 valence electrons. The lowest BCUT2D eigenvalue weighted by Crippen LogP contribution is -2.38. The van der Waals surface area contributed by atoms with Crippen LogP contribution in [0.15, 0.2) is 30.3 Å². The molecule has 1 saturated heterocycles. The van der Waals surface area contributed by atoms with Crippen molar-refractivity contribution in [3.8, 4) is 0 Å². The number of nitrogens with one attached hydrogen (secondary N) is 2. The van der Waals surface area contributed by atoms with Crippen LogP contribution in [0.5, 0.6) is 0 Å². The van der Waals surface area contributed by atoms with Gasteiger partial charge in [0.1, 0.15) is 11.5 Å². The van der Waals surface area contributed by atoms with Gasteiger partial charge in [0.25, 0.3) is 11.8 Å². The van der Waals surface area contributed by atoms with Gasteiger partial charge in [0.05, 0.1) is 5.69 Å². The van der Waals surface area contributed by atoms with E-state index >= 15 is 0 Å². The zero-order chi connectivity index (χ0) is 18.0. The number of benzene rings is 1. The van der Waals surface area contributed by atoms with Gasteiger partial charge in [0, 0.05) is 24.7 Å². The molecule has 1 atom stereocenters. The van der Waals surface area contributed by atoms with Crippen molar-refractivity contribution in [2.24, 2.45) is 0 Å². The molecule has 1 unspecified atom stereocenters.